The molecule has 1 saturated heterocycles. The number of benzene rings is 1. The SMILES string of the molecule is CC(C)c1noc(COC(=O)C2CCN(S(=O)(=O)c3cc(F)ccc3F)CC2)n1. The van der Waals surface area contributed by atoms with Crippen LogP contribution < -0.4 is 0 Å². The van der Waals surface area contributed by atoms with Gasteiger partial charge in [0, 0.05) is 19.0 Å². The number of carbonyl (C=O) groups excluding carboxylic acids is 1. The van der Waals surface area contributed by atoms with Crippen molar-refractivity contribution in [2.75, 3.05) is 13.1 Å². The minimum atomic E-state index is -4.19. The first-order valence-electron chi connectivity index (χ1n) is 9.13. The number of rotatable bonds is 6. The first-order valence-corrected chi connectivity index (χ1v) is 10.6. The maximum atomic E-state index is 13.9. The number of halogens is 2. The predicted octanol–water partition coefficient (Wildman–Crippen LogP) is 2.62. The van der Waals surface area contributed by atoms with Gasteiger partial charge in [-0.1, -0.05) is 19.0 Å². The van der Waals surface area contributed by atoms with Crippen molar-refractivity contribution in [1.29, 1.82) is 0 Å². The van der Waals surface area contributed by atoms with Crippen molar-refractivity contribution in [2.45, 2.75) is 44.1 Å². The van der Waals surface area contributed by atoms with Crippen LogP contribution >= 0.6 is 0 Å². The maximum absolute atomic E-state index is 13.9. The van der Waals surface area contributed by atoms with Crippen LogP contribution in [-0.4, -0.2) is 41.9 Å². The van der Waals surface area contributed by atoms with Crippen LogP contribution in [0.1, 0.15) is 44.3 Å². The lowest BCUT2D eigenvalue weighted by Crippen LogP contribution is -2.40. The van der Waals surface area contributed by atoms with Crippen molar-refractivity contribution in [3.8, 4) is 0 Å². The molecule has 0 N–H and O–H groups in total. The average Bonchev–Trinajstić information content (AvgIpc) is 3.17. The Balaban J connectivity index is 1.56. The van der Waals surface area contributed by atoms with Crippen LogP contribution in [0.15, 0.2) is 27.6 Å². The van der Waals surface area contributed by atoms with Crippen molar-refractivity contribution in [2.24, 2.45) is 5.92 Å². The summed E-state index contributed by atoms with van der Waals surface area (Å²) in [7, 11) is -4.19. The molecule has 1 aliphatic rings. The van der Waals surface area contributed by atoms with Crippen molar-refractivity contribution in [1.82, 2.24) is 14.4 Å². The topological polar surface area (TPSA) is 103 Å². The van der Waals surface area contributed by atoms with Gasteiger partial charge in [0.15, 0.2) is 12.4 Å². The summed E-state index contributed by atoms with van der Waals surface area (Å²) >= 11 is 0. The number of aromatic nitrogens is 2. The number of hydrogen-bond donors (Lipinski definition) is 0. The minimum absolute atomic E-state index is 0.00386. The van der Waals surface area contributed by atoms with E-state index >= 15 is 0 Å². The molecule has 0 saturated carbocycles. The van der Waals surface area contributed by atoms with Gasteiger partial charge in [-0.15, -0.1) is 0 Å². The lowest BCUT2D eigenvalue weighted by Gasteiger charge is -2.30. The first-order chi connectivity index (χ1) is 13.7. The Labute approximate surface area is 166 Å². The summed E-state index contributed by atoms with van der Waals surface area (Å²) in [5.74, 6) is -2.09. The van der Waals surface area contributed by atoms with Gasteiger partial charge in [0.1, 0.15) is 16.5 Å². The predicted molar refractivity (Wildman–Crippen MR) is 96.0 cm³/mol. The van der Waals surface area contributed by atoms with Gasteiger partial charge in [-0.25, -0.2) is 17.2 Å². The number of piperidine rings is 1. The van der Waals surface area contributed by atoms with Gasteiger partial charge in [0.05, 0.1) is 5.92 Å². The molecule has 0 bridgehead atoms. The van der Waals surface area contributed by atoms with E-state index in [-0.39, 0.29) is 44.3 Å². The van der Waals surface area contributed by atoms with Crippen molar-refractivity contribution in [3.63, 3.8) is 0 Å². The molecule has 0 atom stereocenters. The molecule has 158 valence electrons. The van der Waals surface area contributed by atoms with E-state index in [0.29, 0.717) is 11.9 Å². The molecule has 1 aromatic heterocycles. The van der Waals surface area contributed by atoms with Crippen molar-refractivity contribution < 1.29 is 31.3 Å². The molecule has 3 rings (SSSR count). The lowest BCUT2D eigenvalue weighted by molar-refractivity contribution is -0.152. The minimum Gasteiger partial charge on any atom is -0.455 e. The Morgan fingerprint density at radius 3 is 2.62 bits per heavy atom. The van der Waals surface area contributed by atoms with Gasteiger partial charge >= 0.3 is 5.97 Å². The van der Waals surface area contributed by atoms with Gasteiger partial charge in [-0.2, -0.15) is 9.29 Å². The van der Waals surface area contributed by atoms with Crippen molar-refractivity contribution >= 4 is 16.0 Å². The van der Waals surface area contributed by atoms with Gasteiger partial charge in [-0.3, -0.25) is 4.79 Å². The summed E-state index contributed by atoms with van der Waals surface area (Å²) in [5.41, 5.74) is 0. The van der Waals surface area contributed by atoms with Crippen LogP contribution in [0.5, 0.6) is 0 Å². The zero-order valence-corrected chi connectivity index (χ0v) is 16.8. The van der Waals surface area contributed by atoms with Gasteiger partial charge in [0.2, 0.25) is 10.0 Å². The Kier molecular flexibility index (Phi) is 6.27. The summed E-state index contributed by atoms with van der Waals surface area (Å²) < 4.78 is 63.6. The molecule has 1 fully saturated rings. The molecule has 11 heteroatoms. The normalized spacial score (nSPS) is 16.3. The second kappa shape index (κ2) is 8.54. The standard InChI is InChI=1S/C18H21F2N3O5S/c1-11(2)17-21-16(28-22-17)10-27-18(24)12-5-7-23(8-6-12)29(25,26)15-9-13(19)3-4-14(15)20/h3-4,9,11-12H,5-8,10H2,1-2H3. The molecular formula is C18H21F2N3O5S. The molecule has 29 heavy (non-hydrogen) atoms. The lowest BCUT2D eigenvalue weighted by atomic mass is 9.98. The average molecular weight is 429 g/mol. The Hall–Kier alpha value is -2.40. The largest absolute Gasteiger partial charge is 0.455 e. The third-order valence-corrected chi connectivity index (χ3v) is 6.55. The molecule has 8 nitrogen and oxygen atoms in total. The van der Waals surface area contributed by atoms with Crippen LogP contribution in [0.3, 0.4) is 0 Å². The van der Waals surface area contributed by atoms with Crippen LogP contribution in [0.4, 0.5) is 8.78 Å². The monoisotopic (exact) mass is 429 g/mol. The fourth-order valence-electron chi connectivity index (χ4n) is 2.96. The Morgan fingerprint density at radius 1 is 1.31 bits per heavy atom. The molecule has 0 radical (unpaired) electrons. The maximum Gasteiger partial charge on any atom is 0.309 e. The molecule has 0 unspecified atom stereocenters. The smallest absolute Gasteiger partial charge is 0.309 e. The van der Waals surface area contributed by atoms with E-state index in [9.17, 15) is 22.0 Å². The van der Waals surface area contributed by atoms with E-state index in [2.05, 4.69) is 10.1 Å². The van der Waals surface area contributed by atoms with Crippen LogP contribution in [-0.2, 0) is 26.2 Å². The van der Waals surface area contributed by atoms with E-state index in [4.69, 9.17) is 9.26 Å². The molecule has 0 aliphatic carbocycles. The van der Waals surface area contributed by atoms with Gasteiger partial charge < -0.3 is 9.26 Å². The fraction of sp³-hybridized carbons (Fsp3) is 0.500. The summed E-state index contributed by atoms with van der Waals surface area (Å²) in [6.45, 7) is 3.63. The number of hydrogen-bond acceptors (Lipinski definition) is 7. The highest BCUT2D eigenvalue weighted by Crippen LogP contribution is 2.26. The Morgan fingerprint density at radius 2 is 2.00 bits per heavy atom. The molecule has 1 aliphatic heterocycles. The quantitative estimate of drug-likeness (QED) is 0.651. The summed E-state index contributed by atoms with van der Waals surface area (Å²) in [4.78, 5) is 15.6. The van der Waals surface area contributed by atoms with Gasteiger partial charge in [0.25, 0.3) is 5.89 Å². The number of carbonyl (C=O) groups is 1. The van der Waals surface area contributed by atoms with E-state index in [1.165, 1.54) is 0 Å². The molecule has 2 aromatic rings. The summed E-state index contributed by atoms with van der Waals surface area (Å²) in [6.07, 6.45) is 0.409. The number of nitrogens with zero attached hydrogens (tertiary/aromatic N) is 3. The fourth-order valence-corrected chi connectivity index (χ4v) is 4.50. The van der Waals surface area contributed by atoms with Gasteiger partial charge in [-0.05, 0) is 31.0 Å². The second-order valence-corrected chi connectivity index (χ2v) is 8.97. The number of esters is 1. The van der Waals surface area contributed by atoms with E-state index in [0.717, 1.165) is 16.4 Å². The van der Waals surface area contributed by atoms with Crippen LogP contribution in [0, 0.1) is 17.6 Å². The van der Waals surface area contributed by atoms with Crippen LogP contribution in [0.2, 0.25) is 0 Å². The highest BCUT2D eigenvalue weighted by molar-refractivity contribution is 7.89. The van der Waals surface area contributed by atoms with Crippen LogP contribution in [0.25, 0.3) is 0 Å². The highest BCUT2D eigenvalue weighted by atomic mass is 32.2. The number of ether oxygens (including phenoxy) is 1. The first kappa shape index (κ1) is 21.3. The zero-order chi connectivity index (χ0) is 21.2. The van der Waals surface area contributed by atoms with E-state index < -0.39 is 38.4 Å². The third-order valence-electron chi connectivity index (χ3n) is 4.64. The molecule has 2 heterocycles. The molecule has 0 amide bonds. The van der Waals surface area contributed by atoms with E-state index in [1.54, 1.807) is 0 Å². The second-order valence-electron chi connectivity index (χ2n) is 7.06. The molecule has 0 spiro atoms. The summed E-state index contributed by atoms with van der Waals surface area (Å²) in [5, 5.41) is 3.78. The van der Waals surface area contributed by atoms with E-state index in [1.807, 2.05) is 13.8 Å². The number of sulfonamides is 1. The molecular weight excluding hydrogens is 408 g/mol. The zero-order valence-electron chi connectivity index (χ0n) is 16.0. The Bertz CT molecular complexity index is 985. The van der Waals surface area contributed by atoms with Crippen molar-refractivity contribution in [3.05, 3.63) is 41.5 Å². The molecule has 1 aromatic carbocycles. The summed E-state index contributed by atoms with van der Waals surface area (Å²) in [6, 6.07) is 2.28. The third kappa shape index (κ3) is 4.78. The highest BCUT2D eigenvalue weighted by Gasteiger charge is 2.34.